The molecule has 140 valence electrons. The van der Waals surface area contributed by atoms with Gasteiger partial charge in [0.05, 0.1) is 17.2 Å². The van der Waals surface area contributed by atoms with Gasteiger partial charge >= 0.3 is 0 Å². The van der Waals surface area contributed by atoms with Crippen LogP contribution in [0.25, 0.3) is 10.9 Å². The smallest absolute Gasteiger partial charge is 0.261 e. The molecule has 0 spiro atoms. The van der Waals surface area contributed by atoms with Crippen molar-refractivity contribution in [1.82, 2.24) is 19.4 Å². The summed E-state index contributed by atoms with van der Waals surface area (Å²) in [6.45, 7) is 6.86. The van der Waals surface area contributed by atoms with E-state index in [1.165, 1.54) is 4.57 Å². The quantitative estimate of drug-likeness (QED) is 0.823. The molecule has 1 amide bonds. The molecule has 0 bridgehead atoms. The molecule has 3 rings (SSSR count). The van der Waals surface area contributed by atoms with Crippen molar-refractivity contribution in [2.75, 3.05) is 20.1 Å². The highest BCUT2D eigenvalue weighted by atomic mass is 16.2. The largest absolute Gasteiger partial charge is 0.343 e. The van der Waals surface area contributed by atoms with Crippen LogP contribution < -0.4 is 5.56 Å². The zero-order valence-electron chi connectivity index (χ0n) is 15.9. The predicted molar refractivity (Wildman–Crippen MR) is 103 cm³/mol. The van der Waals surface area contributed by atoms with E-state index in [9.17, 15) is 9.59 Å². The first-order valence-electron chi connectivity index (χ1n) is 9.41. The number of aromatic nitrogens is 2. The van der Waals surface area contributed by atoms with Crippen LogP contribution in [0.1, 0.15) is 33.1 Å². The van der Waals surface area contributed by atoms with E-state index in [0.29, 0.717) is 36.0 Å². The minimum Gasteiger partial charge on any atom is -0.343 e. The molecule has 1 aliphatic rings. The van der Waals surface area contributed by atoms with E-state index in [2.05, 4.69) is 23.7 Å². The second kappa shape index (κ2) is 7.99. The second-order valence-corrected chi connectivity index (χ2v) is 7.38. The number of para-hydroxylation sites is 1. The highest BCUT2D eigenvalue weighted by Crippen LogP contribution is 2.18. The van der Waals surface area contributed by atoms with E-state index >= 15 is 0 Å². The maximum Gasteiger partial charge on any atom is 0.261 e. The van der Waals surface area contributed by atoms with Crippen molar-refractivity contribution >= 4 is 16.8 Å². The summed E-state index contributed by atoms with van der Waals surface area (Å²) < 4.78 is 1.54. The molecule has 1 aromatic heterocycles. The number of aryl methyl sites for hydroxylation is 1. The fourth-order valence-electron chi connectivity index (χ4n) is 3.65. The molecule has 1 fully saturated rings. The van der Waals surface area contributed by atoms with Gasteiger partial charge in [-0.3, -0.25) is 14.2 Å². The van der Waals surface area contributed by atoms with E-state index < -0.39 is 0 Å². The number of piperidine rings is 1. The van der Waals surface area contributed by atoms with Crippen LogP contribution >= 0.6 is 0 Å². The van der Waals surface area contributed by atoms with Crippen LogP contribution in [-0.2, 0) is 11.3 Å². The molecule has 0 radical (unpaired) electrons. The number of benzene rings is 1. The molecule has 0 atom stereocenters. The Balaban J connectivity index is 1.59. The summed E-state index contributed by atoms with van der Waals surface area (Å²) in [4.78, 5) is 33.7. The summed E-state index contributed by atoms with van der Waals surface area (Å²) in [6, 6.07) is 8.15. The summed E-state index contributed by atoms with van der Waals surface area (Å²) in [5.74, 6) is 0.0908. The summed E-state index contributed by atoms with van der Waals surface area (Å²) in [6.07, 6.45) is 3.88. The van der Waals surface area contributed by atoms with Crippen LogP contribution in [0.5, 0.6) is 0 Å². The van der Waals surface area contributed by atoms with Crippen LogP contribution in [-0.4, -0.2) is 57.5 Å². The van der Waals surface area contributed by atoms with Gasteiger partial charge in [0.25, 0.3) is 5.56 Å². The minimum atomic E-state index is -0.0868. The number of amides is 1. The number of carbonyl (C=O) groups is 1. The van der Waals surface area contributed by atoms with Gasteiger partial charge in [0.2, 0.25) is 5.91 Å². The predicted octanol–water partition coefficient (Wildman–Crippen LogP) is 2.12. The van der Waals surface area contributed by atoms with Gasteiger partial charge in [0, 0.05) is 45.2 Å². The fourth-order valence-corrected chi connectivity index (χ4v) is 3.65. The Morgan fingerprint density at radius 1 is 1.27 bits per heavy atom. The van der Waals surface area contributed by atoms with Crippen molar-refractivity contribution in [3.63, 3.8) is 0 Å². The van der Waals surface area contributed by atoms with Crippen molar-refractivity contribution in [3.8, 4) is 0 Å². The van der Waals surface area contributed by atoms with Gasteiger partial charge in [0.1, 0.15) is 0 Å². The number of rotatable bonds is 5. The molecule has 0 aliphatic carbocycles. The van der Waals surface area contributed by atoms with Crippen LogP contribution in [0, 0.1) is 0 Å². The molecular formula is C20H28N4O2. The number of likely N-dealkylation sites (tertiary alicyclic amines) is 1. The van der Waals surface area contributed by atoms with E-state index in [0.717, 1.165) is 25.9 Å². The number of fused-ring (bicyclic) bond motifs is 1. The van der Waals surface area contributed by atoms with Crippen molar-refractivity contribution in [2.45, 2.75) is 51.7 Å². The van der Waals surface area contributed by atoms with Crippen LogP contribution in [0.2, 0.25) is 0 Å². The van der Waals surface area contributed by atoms with E-state index in [1.807, 2.05) is 30.1 Å². The van der Waals surface area contributed by atoms with Crippen molar-refractivity contribution in [2.24, 2.45) is 0 Å². The lowest BCUT2D eigenvalue weighted by molar-refractivity contribution is -0.133. The Labute approximate surface area is 154 Å². The van der Waals surface area contributed by atoms with Gasteiger partial charge in [-0.15, -0.1) is 0 Å². The van der Waals surface area contributed by atoms with Crippen molar-refractivity contribution in [1.29, 1.82) is 0 Å². The number of nitrogens with zero attached hydrogens (tertiary/aromatic N) is 4. The van der Waals surface area contributed by atoms with Crippen LogP contribution in [0.4, 0.5) is 0 Å². The molecule has 1 saturated heterocycles. The lowest BCUT2D eigenvalue weighted by Crippen LogP contribution is -2.47. The highest BCUT2D eigenvalue weighted by Gasteiger charge is 2.26. The lowest BCUT2D eigenvalue weighted by atomic mass is 10.0. The van der Waals surface area contributed by atoms with Gasteiger partial charge in [-0.1, -0.05) is 12.1 Å². The topological polar surface area (TPSA) is 58.4 Å². The first-order valence-corrected chi connectivity index (χ1v) is 9.41. The van der Waals surface area contributed by atoms with Crippen molar-refractivity contribution in [3.05, 3.63) is 40.9 Å². The molecule has 1 aliphatic heterocycles. The number of hydrogen-bond donors (Lipinski definition) is 0. The Bertz CT molecular complexity index is 822. The fraction of sp³-hybridized carbons (Fsp3) is 0.550. The van der Waals surface area contributed by atoms with Crippen LogP contribution in [0.15, 0.2) is 35.4 Å². The Morgan fingerprint density at radius 2 is 1.96 bits per heavy atom. The zero-order chi connectivity index (χ0) is 18.7. The highest BCUT2D eigenvalue weighted by molar-refractivity contribution is 5.77. The lowest BCUT2D eigenvalue weighted by Gasteiger charge is -2.38. The standard InChI is InChI=1S/C20H28N4O2/c1-15(2)23-11-8-16(9-12-23)22(3)19(25)10-13-24-14-21-18-7-5-4-6-17(18)20(24)26/h4-7,14-16H,8-13H2,1-3H3. The van der Waals surface area contributed by atoms with Gasteiger partial charge in [-0.2, -0.15) is 0 Å². The number of hydrogen-bond acceptors (Lipinski definition) is 4. The third-order valence-corrected chi connectivity index (χ3v) is 5.47. The summed E-state index contributed by atoms with van der Waals surface area (Å²) in [5.41, 5.74) is 0.602. The number of carbonyl (C=O) groups excluding carboxylic acids is 1. The monoisotopic (exact) mass is 356 g/mol. The first kappa shape index (κ1) is 18.6. The Morgan fingerprint density at radius 3 is 2.65 bits per heavy atom. The van der Waals surface area contributed by atoms with Gasteiger partial charge in [-0.05, 0) is 38.8 Å². The van der Waals surface area contributed by atoms with E-state index in [4.69, 9.17) is 0 Å². The summed E-state index contributed by atoms with van der Waals surface area (Å²) >= 11 is 0. The summed E-state index contributed by atoms with van der Waals surface area (Å²) in [7, 11) is 1.89. The second-order valence-electron chi connectivity index (χ2n) is 7.38. The molecule has 26 heavy (non-hydrogen) atoms. The average molecular weight is 356 g/mol. The molecule has 0 N–H and O–H groups in total. The van der Waals surface area contributed by atoms with Gasteiger partial charge < -0.3 is 9.80 Å². The zero-order valence-corrected chi connectivity index (χ0v) is 15.9. The van der Waals surface area contributed by atoms with Crippen LogP contribution in [0.3, 0.4) is 0 Å². The Hall–Kier alpha value is -2.21. The molecule has 0 unspecified atom stereocenters. The molecule has 2 heterocycles. The SMILES string of the molecule is CC(C)N1CCC(N(C)C(=O)CCn2cnc3ccccc3c2=O)CC1. The van der Waals surface area contributed by atoms with E-state index in [-0.39, 0.29) is 11.5 Å². The molecular weight excluding hydrogens is 328 g/mol. The van der Waals surface area contributed by atoms with Crippen molar-refractivity contribution < 1.29 is 4.79 Å². The molecule has 6 nitrogen and oxygen atoms in total. The average Bonchev–Trinajstić information content (AvgIpc) is 2.67. The third kappa shape index (κ3) is 3.96. The maximum atomic E-state index is 12.6. The van der Waals surface area contributed by atoms with E-state index in [1.54, 1.807) is 12.4 Å². The maximum absolute atomic E-state index is 12.6. The molecule has 2 aromatic rings. The molecule has 1 aromatic carbocycles. The molecule has 6 heteroatoms. The Kier molecular flexibility index (Phi) is 5.71. The van der Waals surface area contributed by atoms with Gasteiger partial charge in [0.15, 0.2) is 0 Å². The third-order valence-electron chi connectivity index (χ3n) is 5.47. The van der Waals surface area contributed by atoms with Gasteiger partial charge in [-0.25, -0.2) is 4.98 Å². The summed E-state index contributed by atoms with van der Waals surface area (Å²) in [5, 5.41) is 0.594. The molecule has 0 saturated carbocycles. The first-order chi connectivity index (χ1) is 12.5. The minimum absolute atomic E-state index is 0.0868. The normalized spacial score (nSPS) is 16.3.